The van der Waals surface area contributed by atoms with Gasteiger partial charge in [-0.25, -0.2) is 14.6 Å². The Labute approximate surface area is 198 Å². The van der Waals surface area contributed by atoms with E-state index in [-0.39, 0.29) is 6.23 Å². The van der Waals surface area contributed by atoms with Gasteiger partial charge in [-0.2, -0.15) is 5.10 Å². The zero-order valence-electron chi connectivity index (χ0n) is 18.0. The third-order valence-corrected chi connectivity index (χ3v) is 8.68. The number of hydrogen-bond acceptors (Lipinski definition) is 7. The van der Waals surface area contributed by atoms with Gasteiger partial charge in [0.2, 0.25) is 5.95 Å². The number of piperazine rings is 1. The van der Waals surface area contributed by atoms with Crippen LogP contribution in [-0.2, 0) is 4.74 Å². The van der Waals surface area contributed by atoms with Gasteiger partial charge in [-0.1, -0.05) is 12.1 Å². The zero-order chi connectivity index (χ0) is 21.7. The third kappa shape index (κ3) is 3.42. The van der Waals surface area contributed by atoms with Crippen LogP contribution in [0.4, 0.5) is 5.95 Å². The lowest BCUT2D eigenvalue weighted by Crippen LogP contribution is -2.44. The number of thiophene rings is 1. The predicted octanol–water partition coefficient (Wildman–Crippen LogP) is 4.89. The van der Waals surface area contributed by atoms with Crippen molar-refractivity contribution in [1.29, 1.82) is 0 Å². The predicted molar refractivity (Wildman–Crippen MR) is 133 cm³/mol. The Morgan fingerprint density at radius 1 is 1.19 bits per heavy atom. The SMILES string of the molecule is Cc1sc2c(-c3cccc4c3cnn4C3CCCCO3)nc(N3CCNCC3)nc2c1Br. The van der Waals surface area contributed by atoms with Crippen molar-refractivity contribution in [3.8, 4) is 11.3 Å². The second-order valence-corrected chi connectivity index (χ2v) is 10.4. The van der Waals surface area contributed by atoms with E-state index in [2.05, 4.69) is 51.3 Å². The van der Waals surface area contributed by atoms with Crippen LogP contribution in [-0.4, -0.2) is 52.5 Å². The summed E-state index contributed by atoms with van der Waals surface area (Å²) in [5.74, 6) is 0.799. The van der Waals surface area contributed by atoms with Gasteiger partial charge < -0.3 is 15.0 Å². The standard InChI is InChI=1S/C23H25BrN6OS/c1-14-19(24)21-22(32-14)20(27-23(28-21)29-10-8-25-9-11-29)15-5-4-6-17-16(15)13-26-30(17)18-7-2-3-12-31-18/h4-6,13,18,25H,2-3,7-12H2,1H3. The van der Waals surface area contributed by atoms with E-state index in [1.54, 1.807) is 11.3 Å². The van der Waals surface area contributed by atoms with Gasteiger partial charge in [0.05, 0.1) is 26.6 Å². The number of aryl methyl sites for hydroxylation is 1. The molecule has 0 amide bonds. The highest BCUT2D eigenvalue weighted by Crippen LogP contribution is 2.42. The topological polar surface area (TPSA) is 68.1 Å². The minimum atomic E-state index is 0.0106. The van der Waals surface area contributed by atoms with Crippen molar-refractivity contribution in [3.05, 3.63) is 33.7 Å². The molecule has 2 aliphatic heterocycles. The number of hydrogen-bond donors (Lipinski definition) is 1. The van der Waals surface area contributed by atoms with E-state index in [4.69, 9.17) is 19.8 Å². The maximum atomic E-state index is 6.02. The highest BCUT2D eigenvalue weighted by atomic mass is 79.9. The maximum Gasteiger partial charge on any atom is 0.226 e. The summed E-state index contributed by atoms with van der Waals surface area (Å²) in [7, 11) is 0. The molecule has 4 aromatic rings. The fraction of sp³-hybridized carbons (Fsp3) is 0.435. The van der Waals surface area contributed by atoms with Crippen LogP contribution in [0.2, 0.25) is 0 Å². The molecule has 1 atom stereocenters. The second-order valence-electron chi connectivity index (χ2n) is 8.41. The molecular formula is C23H25BrN6OS. The molecule has 32 heavy (non-hydrogen) atoms. The molecule has 6 rings (SSSR count). The van der Waals surface area contributed by atoms with Crippen molar-refractivity contribution >= 4 is 54.3 Å². The molecule has 0 aliphatic carbocycles. The Morgan fingerprint density at radius 3 is 2.88 bits per heavy atom. The molecule has 5 heterocycles. The smallest absolute Gasteiger partial charge is 0.226 e. The van der Waals surface area contributed by atoms with Gasteiger partial charge in [0, 0.05) is 48.6 Å². The van der Waals surface area contributed by atoms with Crippen molar-refractivity contribution < 1.29 is 4.74 Å². The molecule has 0 bridgehead atoms. The van der Waals surface area contributed by atoms with Crippen molar-refractivity contribution in [2.75, 3.05) is 37.7 Å². The summed E-state index contributed by atoms with van der Waals surface area (Å²) in [6.07, 6.45) is 5.28. The van der Waals surface area contributed by atoms with E-state index < -0.39 is 0 Å². The number of fused-ring (bicyclic) bond motifs is 2. The number of halogens is 1. The second kappa shape index (κ2) is 8.37. The van der Waals surface area contributed by atoms with Crippen LogP contribution in [0.5, 0.6) is 0 Å². The number of nitrogens with zero attached hydrogens (tertiary/aromatic N) is 5. The van der Waals surface area contributed by atoms with E-state index >= 15 is 0 Å². The maximum absolute atomic E-state index is 6.02. The average molecular weight is 513 g/mol. The van der Waals surface area contributed by atoms with Gasteiger partial charge in [0.15, 0.2) is 6.23 Å². The molecule has 1 aromatic carbocycles. The Hall–Kier alpha value is -2.07. The van der Waals surface area contributed by atoms with Gasteiger partial charge in [0.25, 0.3) is 0 Å². The molecule has 0 radical (unpaired) electrons. The average Bonchev–Trinajstić information content (AvgIpc) is 3.41. The molecule has 0 saturated carbocycles. The van der Waals surface area contributed by atoms with E-state index in [9.17, 15) is 0 Å². The summed E-state index contributed by atoms with van der Waals surface area (Å²) < 4.78 is 10.2. The summed E-state index contributed by atoms with van der Waals surface area (Å²) in [5, 5.41) is 9.26. The lowest BCUT2D eigenvalue weighted by Gasteiger charge is -2.27. The first-order valence-electron chi connectivity index (χ1n) is 11.2. The molecular weight excluding hydrogens is 488 g/mol. The third-order valence-electron chi connectivity index (χ3n) is 6.35. The summed E-state index contributed by atoms with van der Waals surface area (Å²) in [5.41, 5.74) is 4.17. The summed E-state index contributed by atoms with van der Waals surface area (Å²) >= 11 is 5.52. The lowest BCUT2D eigenvalue weighted by atomic mass is 10.1. The number of nitrogens with one attached hydrogen (secondary N) is 1. The van der Waals surface area contributed by atoms with E-state index in [1.807, 2.05) is 10.9 Å². The van der Waals surface area contributed by atoms with Crippen LogP contribution in [0.1, 0.15) is 30.4 Å². The van der Waals surface area contributed by atoms with Crippen LogP contribution in [0.25, 0.3) is 32.4 Å². The van der Waals surface area contributed by atoms with Gasteiger partial charge in [-0.15, -0.1) is 11.3 Å². The Balaban J connectivity index is 1.54. The summed E-state index contributed by atoms with van der Waals surface area (Å²) in [6, 6.07) is 6.39. The van der Waals surface area contributed by atoms with Crippen molar-refractivity contribution in [1.82, 2.24) is 25.1 Å². The Bertz CT molecular complexity index is 1290. The number of aromatic nitrogens is 4. The molecule has 7 nitrogen and oxygen atoms in total. The van der Waals surface area contributed by atoms with E-state index in [0.29, 0.717) is 0 Å². The molecule has 2 aliphatic rings. The molecule has 3 aromatic heterocycles. The van der Waals surface area contributed by atoms with E-state index in [1.165, 1.54) is 11.3 Å². The van der Waals surface area contributed by atoms with Crippen molar-refractivity contribution in [2.45, 2.75) is 32.4 Å². The molecule has 1 unspecified atom stereocenters. The number of ether oxygens (including phenoxy) is 1. The van der Waals surface area contributed by atoms with Crippen LogP contribution >= 0.6 is 27.3 Å². The Kier molecular flexibility index (Phi) is 5.37. The van der Waals surface area contributed by atoms with Crippen LogP contribution < -0.4 is 10.2 Å². The fourth-order valence-electron chi connectivity index (χ4n) is 4.66. The molecule has 0 spiro atoms. The highest BCUT2D eigenvalue weighted by molar-refractivity contribution is 9.10. The van der Waals surface area contributed by atoms with Gasteiger partial charge in [0.1, 0.15) is 5.52 Å². The van der Waals surface area contributed by atoms with Crippen molar-refractivity contribution in [3.63, 3.8) is 0 Å². The highest BCUT2D eigenvalue weighted by Gasteiger charge is 2.24. The largest absolute Gasteiger partial charge is 0.356 e. The quantitative estimate of drug-likeness (QED) is 0.421. The normalized spacial score (nSPS) is 19.8. The molecule has 166 valence electrons. The van der Waals surface area contributed by atoms with Crippen molar-refractivity contribution in [2.24, 2.45) is 0 Å². The molecule has 1 N–H and O–H groups in total. The number of anilines is 1. The first kappa shape index (κ1) is 20.5. The van der Waals surface area contributed by atoms with E-state index in [0.717, 1.165) is 88.4 Å². The summed E-state index contributed by atoms with van der Waals surface area (Å²) in [4.78, 5) is 13.6. The summed E-state index contributed by atoms with van der Waals surface area (Å²) in [6.45, 7) is 6.65. The van der Waals surface area contributed by atoms with Crippen LogP contribution in [0.3, 0.4) is 0 Å². The van der Waals surface area contributed by atoms with Crippen LogP contribution in [0, 0.1) is 6.92 Å². The van der Waals surface area contributed by atoms with Gasteiger partial charge >= 0.3 is 0 Å². The molecule has 9 heteroatoms. The molecule has 2 fully saturated rings. The Morgan fingerprint density at radius 2 is 2.06 bits per heavy atom. The first-order valence-corrected chi connectivity index (χ1v) is 12.8. The minimum absolute atomic E-state index is 0.0106. The number of rotatable bonds is 3. The van der Waals surface area contributed by atoms with Gasteiger partial charge in [-0.3, -0.25) is 0 Å². The lowest BCUT2D eigenvalue weighted by molar-refractivity contribution is -0.0366. The fourth-order valence-corrected chi connectivity index (χ4v) is 6.31. The number of benzene rings is 1. The first-order chi connectivity index (χ1) is 15.7. The van der Waals surface area contributed by atoms with Gasteiger partial charge in [-0.05, 0) is 48.2 Å². The van der Waals surface area contributed by atoms with Crippen LogP contribution in [0.15, 0.2) is 28.9 Å². The monoisotopic (exact) mass is 512 g/mol. The molecule has 2 saturated heterocycles. The zero-order valence-corrected chi connectivity index (χ0v) is 20.4. The minimum Gasteiger partial charge on any atom is -0.356 e.